The Balaban J connectivity index is -0.000000135. The van der Waals surface area contributed by atoms with Crippen LogP contribution in [0, 0.1) is 5.92 Å². The van der Waals surface area contributed by atoms with Gasteiger partial charge in [0.05, 0.1) is 0 Å². The molecule has 0 atom stereocenters. The Morgan fingerprint density at radius 3 is 1.69 bits per heavy atom. The Bertz CT molecular complexity index is 98.3. The standard InChI is InChI=1S/C5H11O4Si.3K/c1-5(2)3-4-9-10(6,7)8;;;/h5H,3-4H2,1-2H3;;;/q-3;3*+1. The van der Waals surface area contributed by atoms with Gasteiger partial charge in [-0.1, -0.05) is 13.8 Å². The van der Waals surface area contributed by atoms with E-state index in [9.17, 15) is 14.4 Å². The molecular weight excluding hydrogens is 269 g/mol. The SMILES string of the molecule is CC(C)CCO[Si]([O-])([O-])[O-].[K+].[K+].[K+]. The minimum absolute atomic E-state index is 0. The molecule has 62 valence electrons. The summed E-state index contributed by atoms with van der Waals surface area (Å²) in [5, 5.41) is 0. The van der Waals surface area contributed by atoms with Crippen molar-refractivity contribution in [3.05, 3.63) is 0 Å². The predicted octanol–water partition coefficient (Wildman–Crippen LogP) is -11.4. The Kier molecular flexibility index (Phi) is 30.6. The van der Waals surface area contributed by atoms with Crippen LogP contribution in [0.2, 0.25) is 0 Å². The van der Waals surface area contributed by atoms with Crippen molar-refractivity contribution in [3.63, 3.8) is 0 Å². The third-order valence-corrected chi connectivity index (χ3v) is 1.53. The Morgan fingerprint density at radius 2 is 1.46 bits per heavy atom. The molecule has 0 fully saturated rings. The second-order valence-corrected chi connectivity index (χ2v) is 3.82. The van der Waals surface area contributed by atoms with Crippen molar-refractivity contribution < 1.29 is 173 Å². The Morgan fingerprint density at radius 1 is 1.08 bits per heavy atom. The van der Waals surface area contributed by atoms with Gasteiger partial charge in [0, 0.05) is 6.61 Å². The third kappa shape index (κ3) is 26.5. The molecule has 0 bridgehead atoms. The number of rotatable bonds is 4. The molecule has 0 aromatic rings. The van der Waals surface area contributed by atoms with E-state index in [1.54, 1.807) is 0 Å². The molecule has 0 N–H and O–H groups in total. The van der Waals surface area contributed by atoms with Crippen LogP contribution in [0.3, 0.4) is 0 Å². The molecule has 0 aliphatic carbocycles. The number of hydrogen-bond donors (Lipinski definition) is 0. The molecule has 0 unspecified atom stereocenters. The molecule has 4 nitrogen and oxygen atoms in total. The summed E-state index contributed by atoms with van der Waals surface area (Å²) in [7, 11) is -4.97. The first-order valence-corrected chi connectivity index (χ1v) is 4.80. The first kappa shape index (κ1) is 26.5. The Hall–Kier alpha value is 4.97. The van der Waals surface area contributed by atoms with Crippen molar-refractivity contribution in [1.82, 2.24) is 0 Å². The van der Waals surface area contributed by atoms with E-state index in [0.717, 1.165) is 0 Å². The average Bonchev–Trinajstić information content (AvgIpc) is 1.59. The molecule has 0 aliphatic rings. The fraction of sp³-hybridized carbons (Fsp3) is 1.00. The van der Waals surface area contributed by atoms with Gasteiger partial charge in [-0.25, -0.2) is 0 Å². The van der Waals surface area contributed by atoms with E-state index >= 15 is 0 Å². The minimum atomic E-state index is -4.97. The molecule has 0 aromatic carbocycles. The summed E-state index contributed by atoms with van der Waals surface area (Å²) < 4.78 is 4.01. The van der Waals surface area contributed by atoms with Gasteiger partial charge < -0.3 is 18.8 Å². The van der Waals surface area contributed by atoms with Crippen LogP contribution in [-0.4, -0.2) is 15.7 Å². The molecule has 0 saturated carbocycles. The van der Waals surface area contributed by atoms with Gasteiger partial charge in [0.25, 0.3) is 0 Å². The monoisotopic (exact) mass is 280 g/mol. The molecule has 13 heavy (non-hydrogen) atoms. The van der Waals surface area contributed by atoms with E-state index in [-0.39, 0.29) is 161 Å². The maximum Gasteiger partial charge on any atom is 1.00 e. The van der Waals surface area contributed by atoms with Crippen molar-refractivity contribution in [2.45, 2.75) is 20.3 Å². The van der Waals surface area contributed by atoms with Gasteiger partial charge in [0.1, 0.15) is 0 Å². The molecular formula is C5H11K3O4Si. The topological polar surface area (TPSA) is 78.4 Å². The summed E-state index contributed by atoms with van der Waals surface area (Å²) in [5.41, 5.74) is 0. The largest absolute Gasteiger partial charge is 1.00 e. The van der Waals surface area contributed by atoms with Gasteiger partial charge in [0.2, 0.25) is 0 Å². The predicted molar refractivity (Wildman–Crippen MR) is 31.2 cm³/mol. The summed E-state index contributed by atoms with van der Waals surface area (Å²) in [6.45, 7) is 3.86. The molecule has 0 aromatic heterocycles. The maximum absolute atomic E-state index is 9.89. The molecule has 0 radical (unpaired) electrons. The van der Waals surface area contributed by atoms with Crippen molar-refractivity contribution in [1.29, 1.82) is 0 Å². The van der Waals surface area contributed by atoms with E-state index in [4.69, 9.17) is 0 Å². The molecule has 0 saturated heterocycles. The van der Waals surface area contributed by atoms with Crippen LogP contribution in [0.4, 0.5) is 0 Å². The summed E-state index contributed by atoms with van der Waals surface area (Å²) >= 11 is 0. The molecule has 0 aliphatic heterocycles. The van der Waals surface area contributed by atoms with Crippen molar-refractivity contribution >= 4 is 9.05 Å². The molecule has 0 heterocycles. The maximum atomic E-state index is 9.89. The molecule has 8 heteroatoms. The van der Waals surface area contributed by atoms with E-state index in [2.05, 4.69) is 4.43 Å². The van der Waals surface area contributed by atoms with Gasteiger partial charge in [-0.05, 0) is 12.3 Å². The van der Waals surface area contributed by atoms with Crippen LogP contribution in [-0.2, 0) is 4.43 Å². The van der Waals surface area contributed by atoms with Crippen LogP contribution in [0.25, 0.3) is 0 Å². The zero-order valence-electron chi connectivity index (χ0n) is 9.12. The second kappa shape index (κ2) is 15.0. The first-order valence-electron chi connectivity index (χ1n) is 3.17. The summed E-state index contributed by atoms with van der Waals surface area (Å²) in [5.74, 6) is 0.358. The average molecular weight is 281 g/mol. The van der Waals surface area contributed by atoms with Crippen LogP contribution in [0.5, 0.6) is 0 Å². The molecule has 0 spiro atoms. The van der Waals surface area contributed by atoms with Gasteiger partial charge in [-0.3, -0.25) is 0 Å². The van der Waals surface area contributed by atoms with E-state index in [1.165, 1.54) is 0 Å². The normalized spacial score (nSPS) is 9.69. The third-order valence-electron chi connectivity index (χ3n) is 0.974. The van der Waals surface area contributed by atoms with Crippen LogP contribution >= 0.6 is 0 Å². The molecule has 0 amide bonds. The van der Waals surface area contributed by atoms with Crippen molar-refractivity contribution in [3.8, 4) is 0 Å². The van der Waals surface area contributed by atoms with Gasteiger partial charge >= 0.3 is 154 Å². The Labute approximate surface area is 208 Å². The zero-order chi connectivity index (χ0) is 8.20. The van der Waals surface area contributed by atoms with Crippen LogP contribution < -0.4 is 169 Å². The van der Waals surface area contributed by atoms with Crippen molar-refractivity contribution in [2.75, 3.05) is 6.61 Å². The van der Waals surface area contributed by atoms with Crippen LogP contribution in [0.1, 0.15) is 20.3 Å². The van der Waals surface area contributed by atoms with E-state index in [0.29, 0.717) is 12.3 Å². The summed E-state index contributed by atoms with van der Waals surface area (Å²) in [4.78, 5) is 29.7. The van der Waals surface area contributed by atoms with Crippen molar-refractivity contribution in [2.24, 2.45) is 5.92 Å². The van der Waals surface area contributed by atoms with Gasteiger partial charge in [-0.2, -0.15) is 0 Å². The minimum Gasteiger partial charge on any atom is -0.861 e. The zero-order valence-corrected chi connectivity index (χ0v) is 19.5. The molecule has 0 rings (SSSR count). The van der Waals surface area contributed by atoms with E-state index in [1.807, 2.05) is 13.8 Å². The summed E-state index contributed by atoms with van der Waals surface area (Å²) in [6.07, 6.45) is 0.599. The van der Waals surface area contributed by atoms with E-state index < -0.39 is 9.05 Å². The van der Waals surface area contributed by atoms with Gasteiger partial charge in [0.15, 0.2) is 0 Å². The fourth-order valence-electron chi connectivity index (χ4n) is 0.420. The van der Waals surface area contributed by atoms with Gasteiger partial charge in [-0.15, -0.1) is 9.05 Å². The van der Waals surface area contributed by atoms with Crippen LogP contribution in [0.15, 0.2) is 0 Å². The first-order chi connectivity index (χ1) is 4.42. The quantitative estimate of drug-likeness (QED) is 0.479. The smallest absolute Gasteiger partial charge is 0.861 e. The fourth-order valence-corrected chi connectivity index (χ4v) is 0.787. The number of hydrogen-bond acceptors (Lipinski definition) is 4. The second-order valence-electron chi connectivity index (χ2n) is 2.53. The summed E-state index contributed by atoms with van der Waals surface area (Å²) in [6, 6.07) is 0.